The van der Waals surface area contributed by atoms with Crippen LogP contribution in [0.2, 0.25) is 0 Å². The number of hydrogen-bond acceptors (Lipinski definition) is 4. The lowest BCUT2D eigenvalue weighted by Gasteiger charge is -2.06. The van der Waals surface area contributed by atoms with Crippen LogP contribution in [0.25, 0.3) is 0 Å². The summed E-state index contributed by atoms with van der Waals surface area (Å²) in [7, 11) is 0. The molecule has 1 heterocycles. The molecule has 15 heavy (non-hydrogen) atoms. The second-order valence-electron chi connectivity index (χ2n) is 3.28. The zero-order valence-electron chi connectivity index (χ0n) is 8.55. The zero-order chi connectivity index (χ0) is 10.7. The van der Waals surface area contributed by atoms with Crippen LogP contribution in [0.3, 0.4) is 0 Å². The first-order valence-electron chi connectivity index (χ1n) is 4.94. The predicted molar refractivity (Wildman–Crippen MR) is 61.8 cm³/mol. The maximum atomic E-state index is 6.09. The fraction of sp³-hybridized carbons (Fsp3) is 0.273. The van der Waals surface area contributed by atoms with E-state index in [-0.39, 0.29) is 6.04 Å². The fourth-order valence-electron chi connectivity index (χ4n) is 1.34. The van der Waals surface area contributed by atoms with Gasteiger partial charge in [0.25, 0.3) is 0 Å². The summed E-state index contributed by atoms with van der Waals surface area (Å²) in [5.74, 6) is 0. The Morgan fingerprint density at radius 1 is 1.27 bits per heavy atom. The second kappa shape index (κ2) is 4.51. The summed E-state index contributed by atoms with van der Waals surface area (Å²) in [5.41, 5.74) is 7.17. The highest BCUT2D eigenvalue weighted by molar-refractivity contribution is 7.11. The SMILES string of the molecule is CCc1nnc(C(N)c2ccccc2)s1. The van der Waals surface area contributed by atoms with E-state index < -0.39 is 0 Å². The molecular weight excluding hydrogens is 206 g/mol. The maximum Gasteiger partial charge on any atom is 0.138 e. The molecule has 2 N–H and O–H groups in total. The Morgan fingerprint density at radius 3 is 2.60 bits per heavy atom. The van der Waals surface area contributed by atoms with E-state index in [1.165, 1.54) is 0 Å². The topological polar surface area (TPSA) is 51.8 Å². The highest BCUT2D eigenvalue weighted by Crippen LogP contribution is 2.22. The molecule has 4 heteroatoms. The molecule has 1 aromatic heterocycles. The first kappa shape index (κ1) is 10.3. The number of nitrogens with zero attached hydrogens (tertiary/aromatic N) is 2. The van der Waals surface area contributed by atoms with Gasteiger partial charge in [-0.25, -0.2) is 0 Å². The molecule has 0 bridgehead atoms. The van der Waals surface area contributed by atoms with Gasteiger partial charge in [-0.05, 0) is 12.0 Å². The second-order valence-corrected chi connectivity index (χ2v) is 4.37. The third kappa shape index (κ3) is 2.22. The first-order valence-corrected chi connectivity index (χ1v) is 5.75. The Labute approximate surface area is 93.0 Å². The zero-order valence-corrected chi connectivity index (χ0v) is 9.37. The van der Waals surface area contributed by atoms with Crippen LogP contribution >= 0.6 is 11.3 Å². The molecule has 78 valence electrons. The van der Waals surface area contributed by atoms with Gasteiger partial charge in [0.1, 0.15) is 10.0 Å². The molecule has 2 aromatic rings. The third-order valence-electron chi connectivity index (χ3n) is 2.21. The molecule has 1 atom stereocenters. The molecule has 0 radical (unpaired) electrons. The van der Waals surface area contributed by atoms with Gasteiger partial charge in [0.2, 0.25) is 0 Å². The van der Waals surface area contributed by atoms with Gasteiger partial charge in [0.05, 0.1) is 6.04 Å². The van der Waals surface area contributed by atoms with Crippen LogP contribution in [-0.4, -0.2) is 10.2 Å². The minimum Gasteiger partial charge on any atom is -0.318 e. The monoisotopic (exact) mass is 219 g/mol. The summed E-state index contributed by atoms with van der Waals surface area (Å²) < 4.78 is 0. The van der Waals surface area contributed by atoms with E-state index in [4.69, 9.17) is 5.73 Å². The van der Waals surface area contributed by atoms with E-state index >= 15 is 0 Å². The molecular formula is C11H13N3S. The van der Waals surface area contributed by atoms with Gasteiger partial charge >= 0.3 is 0 Å². The number of rotatable bonds is 3. The van der Waals surface area contributed by atoms with Gasteiger partial charge in [-0.2, -0.15) is 0 Å². The van der Waals surface area contributed by atoms with Crippen molar-refractivity contribution < 1.29 is 0 Å². The van der Waals surface area contributed by atoms with Crippen molar-refractivity contribution in [3.8, 4) is 0 Å². The van der Waals surface area contributed by atoms with Crippen LogP contribution in [0.5, 0.6) is 0 Å². The molecule has 0 amide bonds. The van der Waals surface area contributed by atoms with Crippen LogP contribution in [-0.2, 0) is 6.42 Å². The summed E-state index contributed by atoms with van der Waals surface area (Å²) in [5, 5.41) is 10.1. The van der Waals surface area contributed by atoms with Crippen molar-refractivity contribution >= 4 is 11.3 Å². The average molecular weight is 219 g/mol. The van der Waals surface area contributed by atoms with Crippen molar-refractivity contribution in [1.82, 2.24) is 10.2 Å². The Kier molecular flexibility index (Phi) is 3.08. The van der Waals surface area contributed by atoms with Gasteiger partial charge < -0.3 is 5.73 Å². The van der Waals surface area contributed by atoms with Crippen molar-refractivity contribution in [1.29, 1.82) is 0 Å². The minimum absolute atomic E-state index is 0.149. The molecule has 0 aliphatic rings. The number of benzene rings is 1. The minimum atomic E-state index is -0.149. The fourth-order valence-corrected chi connectivity index (χ4v) is 2.15. The van der Waals surface area contributed by atoms with E-state index in [0.717, 1.165) is 22.0 Å². The molecule has 0 aliphatic heterocycles. The van der Waals surface area contributed by atoms with E-state index in [1.54, 1.807) is 11.3 Å². The highest BCUT2D eigenvalue weighted by Gasteiger charge is 2.13. The van der Waals surface area contributed by atoms with Crippen LogP contribution < -0.4 is 5.73 Å². The molecule has 0 saturated heterocycles. The molecule has 3 nitrogen and oxygen atoms in total. The summed E-state index contributed by atoms with van der Waals surface area (Å²) >= 11 is 1.59. The van der Waals surface area contributed by atoms with E-state index in [0.29, 0.717) is 0 Å². The van der Waals surface area contributed by atoms with Crippen molar-refractivity contribution in [2.45, 2.75) is 19.4 Å². The summed E-state index contributed by atoms with van der Waals surface area (Å²) in [4.78, 5) is 0. The van der Waals surface area contributed by atoms with E-state index in [1.807, 2.05) is 30.3 Å². The van der Waals surface area contributed by atoms with Gasteiger partial charge in [-0.3, -0.25) is 0 Å². The highest BCUT2D eigenvalue weighted by atomic mass is 32.1. The molecule has 0 fully saturated rings. The van der Waals surface area contributed by atoms with Crippen LogP contribution in [0.1, 0.15) is 28.5 Å². The molecule has 1 unspecified atom stereocenters. The summed E-state index contributed by atoms with van der Waals surface area (Å²) in [6, 6.07) is 9.82. The van der Waals surface area contributed by atoms with Gasteiger partial charge in [-0.1, -0.05) is 48.6 Å². The molecule has 1 aromatic carbocycles. The third-order valence-corrected chi connectivity index (χ3v) is 3.36. The van der Waals surface area contributed by atoms with Crippen molar-refractivity contribution in [2.75, 3.05) is 0 Å². The van der Waals surface area contributed by atoms with E-state index in [9.17, 15) is 0 Å². The lowest BCUT2D eigenvalue weighted by atomic mass is 10.1. The van der Waals surface area contributed by atoms with Crippen LogP contribution in [0.15, 0.2) is 30.3 Å². The van der Waals surface area contributed by atoms with Gasteiger partial charge in [0.15, 0.2) is 0 Å². The Morgan fingerprint density at radius 2 is 2.00 bits per heavy atom. The summed E-state index contributed by atoms with van der Waals surface area (Å²) in [6.07, 6.45) is 0.916. The maximum absolute atomic E-state index is 6.09. The standard InChI is InChI=1S/C11H13N3S/c1-2-9-13-14-11(15-9)10(12)8-6-4-3-5-7-8/h3-7,10H,2,12H2,1H3. The number of aryl methyl sites for hydroxylation is 1. The van der Waals surface area contributed by atoms with Crippen molar-refractivity contribution in [3.05, 3.63) is 45.9 Å². The Hall–Kier alpha value is -1.26. The lowest BCUT2D eigenvalue weighted by molar-refractivity contribution is 0.823. The quantitative estimate of drug-likeness (QED) is 0.860. The predicted octanol–water partition coefficient (Wildman–Crippen LogP) is 2.15. The van der Waals surface area contributed by atoms with Crippen molar-refractivity contribution in [2.24, 2.45) is 5.73 Å². The van der Waals surface area contributed by atoms with Gasteiger partial charge in [-0.15, -0.1) is 10.2 Å². The van der Waals surface area contributed by atoms with Crippen LogP contribution in [0, 0.1) is 0 Å². The molecule has 0 saturated carbocycles. The molecule has 0 aliphatic carbocycles. The van der Waals surface area contributed by atoms with Crippen molar-refractivity contribution in [3.63, 3.8) is 0 Å². The molecule has 0 spiro atoms. The smallest absolute Gasteiger partial charge is 0.138 e. The van der Waals surface area contributed by atoms with Crippen LogP contribution in [0.4, 0.5) is 0 Å². The Bertz CT molecular complexity index is 424. The van der Waals surface area contributed by atoms with Gasteiger partial charge in [0, 0.05) is 0 Å². The van der Waals surface area contributed by atoms with E-state index in [2.05, 4.69) is 17.1 Å². The molecule has 2 rings (SSSR count). The number of hydrogen-bond donors (Lipinski definition) is 1. The average Bonchev–Trinajstić information content (AvgIpc) is 2.78. The normalized spacial score (nSPS) is 12.7. The Balaban J connectivity index is 2.24. The lowest BCUT2D eigenvalue weighted by Crippen LogP contribution is -2.11. The number of aromatic nitrogens is 2. The summed E-state index contributed by atoms with van der Waals surface area (Å²) in [6.45, 7) is 2.07. The largest absolute Gasteiger partial charge is 0.318 e. The first-order chi connectivity index (χ1) is 7.31. The number of nitrogens with two attached hydrogens (primary N) is 1.